The maximum Gasteiger partial charge on any atom is 0.264 e. The van der Waals surface area contributed by atoms with E-state index in [1.54, 1.807) is 61.5 Å². The summed E-state index contributed by atoms with van der Waals surface area (Å²) in [6.45, 7) is 10.4. The number of rotatable bonds is 9. The summed E-state index contributed by atoms with van der Waals surface area (Å²) in [5.41, 5.74) is 2.23. The molecule has 2 amide bonds. The van der Waals surface area contributed by atoms with Crippen molar-refractivity contribution in [1.82, 2.24) is 10.2 Å². The molecular formula is C30H36ClN3O4S. The van der Waals surface area contributed by atoms with Crippen molar-refractivity contribution in [3.8, 4) is 0 Å². The highest BCUT2D eigenvalue weighted by molar-refractivity contribution is 7.92. The molecule has 39 heavy (non-hydrogen) atoms. The molecule has 1 unspecified atom stereocenters. The third kappa shape index (κ3) is 7.83. The number of anilines is 1. The highest BCUT2D eigenvalue weighted by Crippen LogP contribution is 2.26. The summed E-state index contributed by atoms with van der Waals surface area (Å²) in [5, 5.41) is 3.36. The number of nitrogens with zero attached hydrogens (tertiary/aromatic N) is 2. The van der Waals surface area contributed by atoms with Crippen molar-refractivity contribution in [2.75, 3.05) is 10.8 Å². The number of aryl methyl sites for hydroxylation is 2. The Morgan fingerprint density at radius 2 is 1.56 bits per heavy atom. The van der Waals surface area contributed by atoms with Gasteiger partial charge in [-0.25, -0.2) is 8.42 Å². The molecule has 0 heterocycles. The van der Waals surface area contributed by atoms with Crippen molar-refractivity contribution in [2.45, 2.75) is 64.6 Å². The van der Waals surface area contributed by atoms with Crippen LogP contribution in [-0.4, -0.2) is 43.3 Å². The molecule has 0 radical (unpaired) electrons. The summed E-state index contributed by atoms with van der Waals surface area (Å²) in [7, 11) is -4.11. The van der Waals surface area contributed by atoms with E-state index in [4.69, 9.17) is 11.6 Å². The second-order valence-corrected chi connectivity index (χ2v) is 13.0. The first kappa shape index (κ1) is 30.2. The van der Waals surface area contributed by atoms with Gasteiger partial charge in [-0.3, -0.25) is 13.9 Å². The van der Waals surface area contributed by atoms with Gasteiger partial charge in [0.25, 0.3) is 10.0 Å². The molecule has 0 aromatic heterocycles. The number of nitrogens with one attached hydrogen (secondary N) is 1. The molecule has 0 saturated carbocycles. The van der Waals surface area contributed by atoms with Crippen LogP contribution in [0.5, 0.6) is 0 Å². The zero-order valence-corrected chi connectivity index (χ0v) is 24.8. The van der Waals surface area contributed by atoms with E-state index in [0.29, 0.717) is 16.3 Å². The molecule has 0 aliphatic carbocycles. The zero-order valence-electron chi connectivity index (χ0n) is 23.2. The van der Waals surface area contributed by atoms with Gasteiger partial charge in [0.05, 0.1) is 10.6 Å². The first-order chi connectivity index (χ1) is 18.2. The summed E-state index contributed by atoms with van der Waals surface area (Å²) in [5.74, 6) is -0.893. The highest BCUT2D eigenvalue weighted by Gasteiger charge is 2.33. The van der Waals surface area contributed by atoms with Crippen molar-refractivity contribution in [1.29, 1.82) is 0 Å². The first-order valence-corrected chi connectivity index (χ1v) is 14.5. The van der Waals surface area contributed by atoms with Crippen molar-refractivity contribution in [3.05, 3.63) is 94.5 Å². The number of halogens is 1. The largest absolute Gasteiger partial charge is 0.350 e. The normalized spacial score (nSPS) is 12.5. The predicted molar refractivity (Wildman–Crippen MR) is 156 cm³/mol. The summed E-state index contributed by atoms with van der Waals surface area (Å²) in [6.07, 6.45) is 0. The Balaban J connectivity index is 2.05. The summed E-state index contributed by atoms with van der Waals surface area (Å²) in [4.78, 5) is 28.6. The summed E-state index contributed by atoms with van der Waals surface area (Å²) >= 11 is 6.40. The van der Waals surface area contributed by atoms with Gasteiger partial charge in [0.2, 0.25) is 11.8 Å². The average Bonchev–Trinajstić information content (AvgIpc) is 2.85. The van der Waals surface area contributed by atoms with Gasteiger partial charge in [-0.2, -0.15) is 0 Å². The maximum atomic E-state index is 14.0. The van der Waals surface area contributed by atoms with Crippen molar-refractivity contribution in [3.63, 3.8) is 0 Å². The Morgan fingerprint density at radius 1 is 0.923 bits per heavy atom. The Labute approximate surface area is 236 Å². The monoisotopic (exact) mass is 569 g/mol. The quantitative estimate of drug-likeness (QED) is 0.369. The first-order valence-electron chi connectivity index (χ1n) is 12.7. The second-order valence-electron chi connectivity index (χ2n) is 10.7. The molecule has 3 rings (SSSR count). The van der Waals surface area contributed by atoms with E-state index in [2.05, 4.69) is 5.32 Å². The van der Waals surface area contributed by atoms with E-state index in [9.17, 15) is 18.0 Å². The molecule has 0 bridgehead atoms. The molecule has 0 spiro atoms. The topological polar surface area (TPSA) is 86.8 Å². The molecule has 0 aliphatic heterocycles. The summed E-state index contributed by atoms with van der Waals surface area (Å²) < 4.78 is 28.8. The van der Waals surface area contributed by atoms with Crippen LogP contribution in [0.25, 0.3) is 0 Å². The predicted octanol–water partition coefficient (Wildman–Crippen LogP) is 5.48. The number of benzene rings is 3. The number of hydrogen-bond acceptors (Lipinski definition) is 4. The molecule has 3 aromatic carbocycles. The van der Waals surface area contributed by atoms with Gasteiger partial charge in [0, 0.05) is 17.1 Å². The van der Waals surface area contributed by atoms with Crippen LogP contribution in [0.3, 0.4) is 0 Å². The van der Waals surface area contributed by atoms with Gasteiger partial charge >= 0.3 is 0 Å². The number of carbonyl (C=O) groups excluding carboxylic acids is 2. The van der Waals surface area contributed by atoms with Crippen molar-refractivity contribution >= 4 is 39.1 Å². The molecule has 7 nitrogen and oxygen atoms in total. The lowest BCUT2D eigenvalue weighted by molar-refractivity contribution is -0.140. The molecule has 0 saturated heterocycles. The van der Waals surface area contributed by atoms with E-state index < -0.39 is 34.1 Å². The average molecular weight is 570 g/mol. The molecule has 208 valence electrons. The van der Waals surface area contributed by atoms with E-state index >= 15 is 0 Å². The molecule has 1 atom stereocenters. The minimum Gasteiger partial charge on any atom is -0.350 e. The molecule has 1 N–H and O–H groups in total. The fraction of sp³-hybridized carbons (Fsp3) is 0.333. The van der Waals surface area contributed by atoms with Gasteiger partial charge in [0.1, 0.15) is 12.6 Å². The van der Waals surface area contributed by atoms with Crippen LogP contribution in [0, 0.1) is 13.8 Å². The third-order valence-electron chi connectivity index (χ3n) is 6.14. The van der Waals surface area contributed by atoms with E-state index in [0.717, 1.165) is 15.4 Å². The Kier molecular flexibility index (Phi) is 9.46. The van der Waals surface area contributed by atoms with Gasteiger partial charge < -0.3 is 10.2 Å². The summed E-state index contributed by atoms with van der Waals surface area (Å²) in [6, 6.07) is 19.6. The molecule has 3 aromatic rings. The van der Waals surface area contributed by atoms with E-state index in [-0.39, 0.29) is 17.3 Å². The standard InChI is InChI=1S/C30H36ClN3O4S/c1-21-14-16-26(17-15-21)39(37,38)34(25-12-9-10-22(2)18-25)20-28(35)33(19-24-11-7-8-13-27(24)31)23(3)29(36)32-30(4,5)6/h7-18,23H,19-20H2,1-6H3,(H,32,36). The van der Waals surface area contributed by atoms with Gasteiger partial charge in [-0.05, 0) is 83.0 Å². The van der Waals surface area contributed by atoms with E-state index in [1.165, 1.54) is 17.0 Å². The fourth-order valence-corrected chi connectivity index (χ4v) is 5.62. The fourth-order valence-electron chi connectivity index (χ4n) is 4.02. The molecule has 9 heteroatoms. The van der Waals surface area contributed by atoms with E-state index in [1.807, 2.05) is 40.7 Å². The van der Waals surface area contributed by atoms with Gasteiger partial charge in [-0.1, -0.05) is 59.6 Å². The van der Waals surface area contributed by atoms with Crippen molar-refractivity contribution in [2.24, 2.45) is 0 Å². The Bertz CT molecular complexity index is 1430. The third-order valence-corrected chi connectivity index (χ3v) is 8.30. The maximum absolute atomic E-state index is 14.0. The van der Waals surface area contributed by atoms with Gasteiger partial charge in [0.15, 0.2) is 0 Å². The Morgan fingerprint density at radius 3 is 2.15 bits per heavy atom. The van der Waals surface area contributed by atoms with Crippen LogP contribution in [0.4, 0.5) is 5.69 Å². The van der Waals surface area contributed by atoms with Crippen LogP contribution in [0.2, 0.25) is 5.02 Å². The molecule has 0 fully saturated rings. The Hall–Kier alpha value is -3.36. The number of amides is 2. The smallest absolute Gasteiger partial charge is 0.264 e. The highest BCUT2D eigenvalue weighted by atomic mass is 35.5. The lowest BCUT2D eigenvalue weighted by Crippen LogP contribution is -2.54. The lowest BCUT2D eigenvalue weighted by Gasteiger charge is -2.33. The zero-order chi connectivity index (χ0) is 29.0. The van der Waals surface area contributed by atoms with Crippen LogP contribution in [-0.2, 0) is 26.2 Å². The molecule has 0 aliphatic rings. The van der Waals surface area contributed by atoms with Crippen LogP contribution >= 0.6 is 11.6 Å². The minimum absolute atomic E-state index is 0.0312. The van der Waals surface area contributed by atoms with Crippen LogP contribution < -0.4 is 9.62 Å². The number of carbonyl (C=O) groups is 2. The van der Waals surface area contributed by atoms with Crippen LogP contribution in [0.15, 0.2) is 77.7 Å². The number of sulfonamides is 1. The van der Waals surface area contributed by atoms with Crippen LogP contribution in [0.1, 0.15) is 44.4 Å². The molecular weight excluding hydrogens is 534 g/mol. The van der Waals surface area contributed by atoms with Crippen molar-refractivity contribution < 1.29 is 18.0 Å². The lowest BCUT2D eigenvalue weighted by atomic mass is 10.1. The SMILES string of the molecule is Cc1ccc(S(=O)(=O)N(CC(=O)N(Cc2ccccc2Cl)C(C)C(=O)NC(C)(C)C)c2cccc(C)c2)cc1. The van der Waals surface area contributed by atoms with Gasteiger partial charge in [-0.15, -0.1) is 0 Å². The minimum atomic E-state index is -4.11. The number of hydrogen-bond donors (Lipinski definition) is 1. The second kappa shape index (κ2) is 12.2.